The largest absolute Gasteiger partial charge is 0.444 e. The fraction of sp³-hybridized carbons (Fsp3) is 0.559. The van der Waals surface area contributed by atoms with Gasteiger partial charge in [0, 0.05) is 31.8 Å². The number of anilines is 1. The van der Waals surface area contributed by atoms with Crippen LogP contribution in [0.1, 0.15) is 101 Å². The minimum Gasteiger partial charge on any atom is -0.444 e. The summed E-state index contributed by atoms with van der Waals surface area (Å²) < 4.78 is 20.5. The number of benzene rings is 1. The molecule has 2 aliphatic rings. The molecule has 3 aromatic rings. The molecule has 5 rings (SSSR count). The van der Waals surface area contributed by atoms with Crippen LogP contribution in [0.25, 0.3) is 11.0 Å². The Kier molecular flexibility index (Phi) is 9.72. The zero-order valence-corrected chi connectivity index (χ0v) is 29.6. The van der Waals surface area contributed by atoms with E-state index < -0.39 is 35.3 Å². The Morgan fingerprint density at radius 3 is 2.33 bits per heavy atom. The molecule has 1 aliphatic heterocycles. The summed E-state index contributed by atoms with van der Waals surface area (Å²) in [5.41, 5.74) is 6.62. The molecule has 2 fully saturated rings. The summed E-state index contributed by atoms with van der Waals surface area (Å²) in [7, 11) is 1.55. The van der Waals surface area contributed by atoms with Crippen molar-refractivity contribution in [3.8, 4) is 11.8 Å². The third-order valence-corrected chi connectivity index (χ3v) is 8.27. The standard InChI is InChI=1S/C34H44ClN7O6/c1-9-39(31(44)47-33(2,3)4)30-28(29(36)43)25(13-10-20-14-26-27(16-24(20)35)41(19-37-26)21-11-12-21)38-42(30)22-15-23(18-46-8)40(17-22)32(45)48-34(5,6)7/h14,16,19,21-23H,9,11-12,15,17-18H2,1-8H3,(H2,36,43)/t22-,23+/m0/s1. The van der Waals surface area contributed by atoms with Crippen LogP contribution in [-0.4, -0.2) is 86.4 Å². The van der Waals surface area contributed by atoms with Crippen molar-refractivity contribution >= 4 is 46.5 Å². The van der Waals surface area contributed by atoms with E-state index in [0.29, 0.717) is 23.0 Å². The first-order valence-electron chi connectivity index (χ1n) is 16.1. The zero-order valence-electron chi connectivity index (χ0n) is 28.8. The monoisotopic (exact) mass is 681 g/mol. The van der Waals surface area contributed by atoms with E-state index in [2.05, 4.69) is 21.4 Å². The van der Waals surface area contributed by atoms with Crippen LogP contribution in [0.2, 0.25) is 5.02 Å². The van der Waals surface area contributed by atoms with Crippen LogP contribution in [0.5, 0.6) is 0 Å². The molecule has 1 aromatic carbocycles. The SMILES string of the molecule is CCN(C(=O)OC(C)(C)C)c1c(C(N)=O)c(C#Cc2cc3ncn(C4CC4)c3cc2Cl)nn1[C@H]1C[C@H](COC)N(C(=O)OC(C)(C)C)C1. The molecule has 1 saturated carbocycles. The van der Waals surface area contributed by atoms with Gasteiger partial charge in [-0.25, -0.2) is 19.3 Å². The van der Waals surface area contributed by atoms with Crippen molar-refractivity contribution in [1.29, 1.82) is 0 Å². The van der Waals surface area contributed by atoms with E-state index in [1.807, 2.05) is 12.4 Å². The highest BCUT2D eigenvalue weighted by Gasteiger charge is 2.42. The number of fused-ring (bicyclic) bond motifs is 1. The predicted molar refractivity (Wildman–Crippen MR) is 181 cm³/mol. The fourth-order valence-corrected chi connectivity index (χ4v) is 6.02. The number of methoxy groups -OCH3 is 1. The molecule has 13 nitrogen and oxygen atoms in total. The lowest BCUT2D eigenvalue weighted by Crippen LogP contribution is -2.42. The summed E-state index contributed by atoms with van der Waals surface area (Å²) in [6.07, 6.45) is 3.21. The number of nitrogens with zero attached hydrogens (tertiary/aromatic N) is 6. The molecular weight excluding hydrogens is 638 g/mol. The van der Waals surface area contributed by atoms with Gasteiger partial charge in [-0.2, -0.15) is 5.10 Å². The molecular formula is C34H44ClN7O6. The molecule has 0 spiro atoms. The number of imidazole rings is 1. The number of ether oxygens (including phenoxy) is 3. The lowest BCUT2D eigenvalue weighted by molar-refractivity contribution is 0.0145. The number of amides is 3. The van der Waals surface area contributed by atoms with E-state index in [1.165, 1.54) is 4.90 Å². The number of hydrogen-bond acceptors (Lipinski definition) is 8. The van der Waals surface area contributed by atoms with E-state index in [1.54, 1.807) is 71.2 Å². The normalized spacial score (nSPS) is 18.1. The highest BCUT2D eigenvalue weighted by molar-refractivity contribution is 6.32. The number of nitrogens with two attached hydrogens (primary N) is 1. The maximum absolute atomic E-state index is 13.6. The average Bonchev–Trinajstić information content (AvgIpc) is 3.42. The van der Waals surface area contributed by atoms with E-state index in [0.717, 1.165) is 23.9 Å². The predicted octanol–water partition coefficient (Wildman–Crippen LogP) is 5.68. The first kappa shape index (κ1) is 35.0. The van der Waals surface area contributed by atoms with E-state index >= 15 is 0 Å². The smallest absolute Gasteiger partial charge is 0.416 e. The molecule has 3 heterocycles. The molecule has 48 heavy (non-hydrogen) atoms. The number of carbonyl (C=O) groups excluding carboxylic acids is 3. The molecule has 0 bridgehead atoms. The first-order chi connectivity index (χ1) is 22.5. The average molecular weight is 682 g/mol. The highest BCUT2D eigenvalue weighted by Crippen LogP contribution is 2.38. The number of halogens is 1. The van der Waals surface area contributed by atoms with Gasteiger partial charge in [-0.15, -0.1) is 0 Å². The maximum atomic E-state index is 13.6. The van der Waals surface area contributed by atoms with Crippen LogP contribution in [0, 0.1) is 11.8 Å². The Morgan fingerprint density at radius 1 is 1.06 bits per heavy atom. The number of carbonyl (C=O) groups is 3. The number of primary amides is 1. The lowest BCUT2D eigenvalue weighted by Gasteiger charge is -2.29. The minimum atomic E-state index is -0.831. The molecule has 14 heteroatoms. The van der Waals surface area contributed by atoms with Crippen LogP contribution in [0.4, 0.5) is 15.4 Å². The van der Waals surface area contributed by atoms with E-state index in [4.69, 9.17) is 36.6 Å². The van der Waals surface area contributed by atoms with Crippen molar-refractivity contribution in [2.45, 2.75) is 97.1 Å². The Hall–Kier alpha value is -4.28. The Morgan fingerprint density at radius 2 is 1.75 bits per heavy atom. The fourth-order valence-electron chi connectivity index (χ4n) is 5.81. The first-order valence-corrected chi connectivity index (χ1v) is 16.5. The lowest BCUT2D eigenvalue weighted by atomic mass is 10.1. The molecule has 0 radical (unpaired) electrons. The van der Waals surface area contributed by atoms with E-state index in [-0.39, 0.29) is 42.8 Å². The van der Waals surface area contributed by atoms with Crippen LogP contribution < -0.4 is 10.6 Å². The number of rotatable bonds is 7. The quantitative estimate of drug-likeness (QED) is 0.314. The van der Waals surface area contributed by atoms with Gasteiger partial charge in [0.25, 0.3) is 5.91 Å². The second kappa shape index (κ2) is 13.3. The molecule has 3 amide bonds. The third-order valence-electron chi connectivity index (χ3n) is 7.96. The molecule has 0 unspecified atom stereocenters. The maximum Gasteiger partial charge on any atom is 0.416 e. The van der Waals surface area contributed by atoms with Gasteiger partial charge in [0.05, 0.1) is 41.1 Å². The molecule has 1 aliphatic carbocycles. The minimum absolute atomic E-state index is 0.0515. The Balaban J connectivity index is 1.62. The van der Waals surface area contributed by atoms with Gasteiger partial charge in [-0.3, -0.25) is 9.69 Å². The van der Waals surface area contributed by atoms with Crippen LogP contribution in [-0.2, 0) is 14.2 Å². The Bertz CT molecular complexity index is 1790. The molecule has 2 atom stereocenters. The van der Waals surface area contributed by atoms with Gasteiger partial charge < -0.3 is 29.4 Å². The van der Waals surface area contributed by atoms with Gasteiger partial charge in [-0.05, 0) is 85.8 Å². The third kappa shape index (κ3) is 7.55. The molecule has 2 aromatic heterocycles. The van der Waals surface area contributed by atoms with Crippen molar-refractivity contribution < 1.29 is 28.6 Å². The number of likely N-dealkylation sites (tertiary alicyclic amines) is 1. The molecule has 258 valence electrons. The number of aromatic nitrogens is 4. The van der Waals surface area contributed by atoms with Crippen LogP contribution in [0.3, 0.4) is 0 Å². The summed E-state index contributed by atoms with van der Waals surface area (Å²) in [4.78, 5) is 47.5. The summed E-state index contributed by atoms with van der Waals surface area (Å²) >= 11 is 6.69. The van der Waals surface area contributed by atoms with Gasteiger partial charge in [0.1, 0.15) is 16.8 Å². The topological polar surface area (TPSA) is 147 Å². The summed E-state index contributed by atoms with van der Waals surface area (Å²) in [5.74, 6) is 5.35. The van der Waals surface area contributed by atoms with Gasteiger partial charge in [0.2, 0.25) is 0 Å². The van der Waals surface area contributed by atoms with Crippen molar-refractivity contribution in [3.63, 3.8) is 0 Å². The van der Waals surface area contributed by atoms with Crippen LogP contribution in [0.15, 0.2) is 18.5 Å². The second-order valence-electron chi connectivity index (χ2n) is 14.2. The summed E-state index contributed by atoms with van der Waals surface area (Å²) in [6.45, 7) is 12.9. The molecule has 2 N–H and O–H groups in total. The van der Waals surface area contributed by atoms with Gasteiger partial charge in [-0.1, -0.05) is 17.5 Å². The summed E-state index contributed by atoms with van der Waals surface area (Å²) in [6, 6.07) is 3.21. The zero-order chi connectivity index (χ0) is 35.1. The van der Waals surface area contributed by atoms with Crippen molar-refractivity contribution in [1.82, 2.24) is 24.2 Å². The van der Waals surface area contributed by atoms with Crippen molar-refractivity contribution in [2.24, 2.45) is 5.73 Å². The second-order valence-corrected chi connectivity index (χ2v) is 14.6. The highest BCUT2D eigenvalue weighted by atomic mass is 35.5. The van der Waals surface area contributed by atoms with Crippen molar-refractivity contribution in [3.05, 3.63) is 40.3 Å². The summed E-state index contributed by atoms with van der Waals surface area (Å²) in [5, 5.41) is 5.20. The Labute approximate surface area is 285 Å². The molecule has 1 saturated heterocycles. The number of hydrogen-bond donors (Lipinski definition) is 1. The van der Waals surface area contributed by atoms with Crippen molar-refractivity contribution in [2.75, 3.05) is 31.7 Å². The van der Waals surface area contributed by atoms with E-state index in [9.17, 15) is 14.4 Å². The van der Waals surface area contributed by atoms with Gasteiger partial charge >= 0.3 is 12.2 Å². The van der Waals surface area contributed by atoms with Crippen LogP contribution >= 0.6 is 11.6 Å². The van der Waals surface area contributed by atoms with Gasteiger partial charge in [0.15, 0.2) is 11.5 Å².